The molecule has 2 unspecified atom stereocenters. The van der Waals surface area contributed by atoms with Crippen molar-refractivity contribution in [3.8, 4) is 0 Å². The van der Waals surface area contributed by atoms with Crippen LogP contribution in [0, 0.1) is 40.4 Å². The normalized spacial score (nSPS) is 53.9. The SMILES string of the molecule is CC1C2CC[C@@H]3[C@H](CC[C@]4(C)C(I)=CC[C@@H]34)[C@@]2(C)CCC12OCCO2. The topological polar surface area (TPSA) is 18.5 Å². The van der Waals surface area contributed by atoms with Crippen molar-refractivity contribution in [3.63, 3.8) is 0 Å². The highest BCUT2D eigenvalue weighted by atomic mass is 127. The van der Waals surface area contributed by atoms with Crippen molar-refractivity contribution in [1.29, 1.82) is 0 Å². The molecule has 0 radical (unpaired) electrons. The Balaban J connectivity index is 1.44. The summed E-state index contributed by atoms with van der Waals surface area (Å²) in [6.45, 7) is 9.23. The van der Waals surface area contributed by atoms with Crippen LogP contribution in [0.4, 0.5) is 0 Å². The summed E-state index contributed by atoms with van der Waals surface area (Å²) >= 11 is 2.64. The number of fused-ring (bicyclic) bond motifs is 5. The molecule has 4 fully saturated rings. The van der Waals surface area contributed by atoms with Crippen molar-refractivity contribution in [2.24, 2.45) is 40.4 Å². The zero-order valence-corrected chi connectivity index (χ0v) is 18.2. The van der Waals surface area contributed by atoms with Gasteiger partial charge in [0.05, 0.1) is 13.2 Å². The molecule has 0 aromatic carbocycles. The minimum atomic E-state index is -0.246. The van der Waals surface area contributed by atoms with Crippen molar-refractivity contribution in [2.75, 3.05) is 13.2 Å². The maximum absolute atomic E-state index is 6.19. The van der Waals surface area contributed by atoms with E-state index < -0.39 is 0 Å². The van der Waals surface area contributed by atoms with Crippen LogP contribution in [0.3, 0.4) is 0 Å². The molecule has 0 amide bonds. The Labute approximate surface area is 166 Å². The Bertz CT molecular complexity index is 595. The fourth-order valence-electron chi connectivity index (χ4n) is 8.05. The van der Waals surface area contributed by atoms with E-state index in [9.17, 15) is 0 Å². The predicted octanol–water partition coefficient (Wildman–Crippen LogP) is 5.95. The molecule has 0 N–H and O–H groups in total. The molecule has 140 valence electrons. The number of hydrogen-bond acceptors (Lipinski definition) is 2. The van der Waals surface area contributed by atoms with E-state index >= 15 is 0 Å². The number of allylic oxidation sites excluding steroid dienone is 2. The van der Waals surface area contributed by atoms with Gasteiger partial charge in [-0.25, -0.2) is 0 Å². The van der Waals surface area contributed by atoms with E-state index in [4.69, 9.17) is 9.47 Å². The number of rotatable bonds is 0. The van der Waals surface area contributed by atoms with E-state index in [2.05, 4.69) is 49.4 Å². The summed E-state index contributed by atoms with van der Waals surface area (Å²) in [4.78, 5) is 0. The van der Waals surface area contributed by atoms with Crippen LogP contribution in [0.2, 0.25) is 0 Å². The first-order valence-corrected chi connectivity index (χ1v) is 11.6. The molecular formula is C22H33IO2. The third kappa shape index (κ3) is 2.21. The minimum absolute atomic E-state index is 0.246. The quantitative estimate of drug-likeness (QED) is 0.420. The van der Waals surface area contributed by atoms with Crippen molar-refractivity contribution >= 4 is 22.6 Å². The molecule has 25 heavy (non-hydrogen) atoms. The molecule has 3 saturated carbocycles. The van der Waals surface area contributed by atoms with Gasteiger partial charge in [-0.3, -0.25) is 0 Å². The van der Waals surface area contributed by atoms with Gasteiger partial charge in [-0.05, 0) is 93.8 Å². The average molecular weight is 456 g/mol. The van der Waals surface area contributed by atoms with Gasteiger partial charge in [0.25, 0.3) is 0 Å². The van der Waals surface area contributed by atoms with E-state index in [1.54, 1.807) is 3.58 Å². The minimum Gasteiger partial charge on any atom is -0.347 e. The standard InChI is InChI=1S/C22H33IO2/c1-14-16-5-4-15-17-6-7-19(23)21(17,3)9-8-18(15)20(16,2)10-11-22(14)24-12-13-25-22/h7,14-18H,4-6,8-13H2,1-3H3/t14?,15-,16?,17-,18-,20-,21-/m0/s1. The van der Waals surface area contributed by atoms with Crippen LogP contribution in [0.15, 0.2) is 9.66 Å². The summed E-state index contributed by atoms with van der Waals surface area (Å²) in [5.74, 6) is 3.84. The molecule has 4 aliphatic carbocycles. The summed E-state index contributed by atoms with van der Waals surface area (Å²) < 4.78 is 14.0. The number of ether oxygens (including phenoxy) is 2. The molecule has 5 rings (SSSR count). The second-order valence-corrected chi connectivity index (χ2v) is 11.3. The van der Waals surface area contributed by atoms with E-state index in [1.807, 2.05) is 0 Å². The Morgan fingerprint density at radius 2 is 1.72 bits per heavy atom. The summed E-state index contributed by atoms with van der Waals surface area (Å²) in [6.07, 6.45) is 12.0. The van der Waals surface area contributed by atoms with E-state index in [0.29, 0.717) is 16.7 Å². The van der Waals surface area contributed by atoms with Gasteiger partial charge < -0.3 is 9.47 Å². The van der Waals surface area contributed by atoms with Gasteiger partial charge in [0.2, 0.25) is 0 Å². The van der Waals surface area contributed by atoms with E-state index in [0.717, 1.165) is 43.3 Å². The van der Waals surface area contributed by atoms with E-state index in [1.165, 1.54) is 38.5 Å². The van der Waals surface area contributed by atoms with Gasteiger partial charge in [0.1, 0.15) is 0 Å². The summed E-state index contributed by atoms with van der Waals surface area (Å²) in [5.41, 5.74) is 0.988. The molecule has 1 aliphatic heterocycles. The average Bonchev–Trinajstić information content (AvgIpc) is 3.18. The molecule has 3 heteroatoms. The highest BCUT2D eigenvalue weighted by Gasteiger charge is 2.63. The third-order valence-corrected chi connectivity index (χ3v) is 11.2. The van der Waals surface area contributed by atoms with Crippen molar-refractivity contribution in [3.05, 3.63) is 9.66 Å². The van der Waals surface area contributed by atoms with Crippen molar-refractivity contribution < 1.29 is 9.47 Å². The summed E-state index contributed by atoms with van der Waals surface area (Å²) in [5, 5.41) is 0. The van der Waals surface area contributed by atoms with Gasteiger partial charge in [0, 0.05) is 17.8 Å². The molecule has 1 saturated heterocycles. The smallest absolute Gasteiger partial charge is 0.171 e. The Morgan fingerprint density at radius 3 is 2.48 bits per heavy atom. The number of hydrogen-bond donors (Lipinski definition) is 0. The lowest BCUT2D eigenvalue weighted by molar-refractivity contribution is -0.262. The third-order valence-electron chi connectivity index (χ3n) is 9.51. The molecular weight excluding hydrogens is 423 g/mol. The lowest BCUT2D eigenvalue weighted by atomic mass is 9.43. The van der Waals surface area contributed by atoms with Crippen molar-refractivity contribution in [1.82, 2.24) is 0 Å². The second-order valence-electron chi connectivity index (χ2n) is 10.1. The molecule has 0 aromatic heterocycles. The first-order valence-electron chi connectivity index (χ1n) is 10.5. The molecule has 0 bridgehead atoms. The van der Waals surface area contributed by atoms with Crippen LogP contribution in [0.5, 0.6) is 0 Å². The molecule has 1 heterocycles. The molecule has 0 aromatic rings. The van der Waals surface area contributed by atoms with Crippen LogP contribution in [-0.4, -0.2) is 19.0 Å². The largest absolute Gasteiger partial charge is 0.347 e. The first-order chi connectivity index (χ1) is 11.9. The fourth-order valence-corrected chi connectivity index (χ4v) is 8.97. The fraction of sp³-hybridized carbons (Fsp3) is 0.909. The maximum Gasteiger partial charge on any atom is 0.171 e. The first kappa shape index (κ1) is 17.5. The number of halogens is 1. The van der Waals surface area contributed by atoms with Gasteiger partial charge in [-0.15, -0.1) is 0 Å². The Hall–Kier alpha value is 0.390. The molecule has 2 nitrogen and oxygen atoms in total. The zero-order chi connectivity index (χ0) is 17.4. The van der Waals surface area contributed by atoms with E-state index in [-0.39, 0.29) is 5.79 Å². The van der Waals surface area contributed by atoms with Crippen LogP contribution in [0.25, 0.3) is 0 Å². The van der Waals surface area contributed by atoms with Crippen LogP contribution in [0.1, 0.15) is 65.7 Å². The highest BCUT2D eigenvalue weighted by molar-refractivity contribution is 14.1. The lowest BCUT2D eigenvalue weighted by Gasteiger charge is -2.63. The molecule has 7 atom stereocenters. The monoisotopic (exact) mass is 456 g/mol. The summed E-state index contributed by atoms with van der Waals surface area (Å²) in [6, 6.07) is 0. The van der Waals surface area contributed by atoms with Crippen LogP contribution < -0.4 is 0 Å². The van der Waals surface area contributed by atoms with Gasteiger partial charge in [-0.2, -0.15) is 0 Å². The van der Waals surface area contributed by atoms with Crippen molar-refractivity contribution in [2.45, 2.75) is 71.5 Å². The lowest BCUT2D eigenvalue weighted by Crippen LogP contribution is -2.59. The van der Waals surface area contributed by atoms with Crippen LogP contribution in [-0.2, 0) is 9.47 Å². The van der Waals surface area contributed by atoms with Crippen LogP contribution >= 0.6 is 22.6 Å². The van der Waals surface area contributed by atoms with Gasteiger partial charge in [-0.1, -0.05) is 26.8 Å². The Morgan fingerprint density at radius 1 is 0.960 bits per heavy atom. The highest BCUT2D eigenvalue weighted by Crippen LogP contribution is 2.68. The zero-order valence-electron chi connectivity index (χ0n) is 16.0. The van der Waals surface area contributed by atoms with Gasteiger partial charge >= 0.3 is 0 Å². The molecule has 5 aliphatic rings. The Kier molecular flexibility index (Phi) is 3.99. The molecule has 1 spiro atoms. The second kappa shape index (κ2) is 5.70. The summed E-state index contributed by atoms with van der Waals surface area (Å²) in [7, 11) is 0. The van der Waals surface area contributed by atoms with Gasteiger partial charge in [0.15, 0.2) is 5.79 Å². The maximum atomic E-state index is 6.19. The predicted molar refractivity (Wildman–Crippen MR) is 108 cm³/mol.